The third-order valence-corrected chi connectivity index (χ3v) is 5.31. The Morgan fingerprint density at radius 1 is 0.839 bits per heavy atom. The number of rotatable bonds is 7. The van der Waals surface area contributed by atoms with Crippen LogP contribution >= 0.6 is 0 Å². The summed E-state index contributed by atoms with van der Waals surface area (Å²) >= 11 is 0. The van der Waals surface area contributed by atoms with Crippen LogP contribution in [0.4, 0.5) is 5.95 Å². The Hall–Kier alpha value is -3.58. The predicted octanol–water partition coefficient (Wildman–Crippen LogP) is 2.41. The molecule has 0 radical (unpaired) electrons. The number of carbonyl (C=O) groups is 2. The molecule has 0 spiro atoms. The van der Waals surface area contributed by atoms with Gasteiger partial charge >= 0.3 is 0 Å². The highest BCUT2D eigenvalue weighted by Crippen LogP contribution is 2.14. The van der Waals surface area contributed by atoms with Gasteiger partial charge in [0.1, 0.15) is 0 Å². The second-order valence-electron chi connectivity index (χ2n) is 7.48. The molecule has 1 amide bonds. The second-order valence-corrected chi connectivity index (χ2v) is 7.48. The van der Waals surface area contributed by atoms with E-state index in [1.54, 1.807) is 30.6 Å². The van der Waals surface area contributed by atoms with Gasteiger partial charge in [0.05, 0.1) is 6.54 Å². The Kier molecular flexibility index (Phi) is 6.64. The Bertz CT molecular complexity index is 1020. The summed E-state index contributed by atoms with van der Waals surface area (Å²) in [6.07, 6.45) is 3.53. The maximum absolute atomic E-state index is 12.5. The number of anilines is 1. The van der Waals surface area contributed by atoms with Crippen LogP contribution in [0.15, 0.2) is 73.1 Å². The van der Waals surface area contributed by atoms with Crippen molar-refractivity contribution in [3.8, 4) is 0 Å². The van der Waals surface area contributed by atoms with E-state index in [1.165, 1.54) is 0 Å². The van der Waals surface area contributed by atoms with Gasteiger partial charge < -0.3 is 10.2 Å². The summed E-state index contributed by atoms with van der Waals surface area (Å²) in [7, 11) is 0. The number of hydrogen-bond donors (Lipinski definition) is 1. The number of carbonyl (C=O) groups excluding carboxylic acids is 2. The van der Waals surface area contributed by atoms with E-state index in [9.17, 15) is 9.59 Å². The monoisotopic (exact) mass is 415 g/mol. The molecule has 0 bridgehead atoms. The molecule has 3 aromatic rings. The van der Waals surface area contributed by atoms with Gasteiger partial charge in [-0.3, -0.25) is 14.5 Å². The van der Waals surface area contributed by atoms with Gasteiger partial charge in [-0.25, -0.2) is 9.97 Å². The number of ketones is 1. The number of piperazine rings is 1. The summed E-state index contributed by atoms with van der Waals surface area (Å²) < 4.78 is 0. The fourth-order valence-corrected chi connectivity index (χ4v) is 3.62. The van der Waals surface area contributed by atoms with E-state index >= 15 is 0 Å². The molecule has 1 fully saturated rings. The largest absolute Gasteiger partial charge is 0.345 e. The molecule has 2 heterocycles. The fourth-order valence-electron chi connectivity index (χ4n) is 3.62. The van der Waals surface area contributed by atoms with Gasteiger partial charge in [-0.1, -0.05) is 42.5 Å². The normalized spacial score (nSPS) is 14.3. The number of nitrogens with one attached hydrogen (secondary N) is 1. The van der Waals surface area contributed by atoms with Crippen LogP contribution in [0.5, 0.6) is 0 Å². The minimum Gasteiger partial charge on any atom is -0.345 e. The molecule has 0 aliphatic carbocycles. The average Bonchev–Trinajstić information content (AvgIpc) is 2.84. The van der Waals surface area contributed by atoms with Gasteiger partial charge in [0.2, 0.25) is 5.95 Å². The number of Topliss-reactive ketones (excluding diaryl/α,β-unsaturated/α-hetero) is 1. The van der Waals surface area contributed by atoms with Crippen LogP contribution in [-0.2, 0) is 6.54 Å². The lowest BCUT2D eigenvalue weighted by Gasteiger charge is -2.34. The summed E-state index contributed by atoms with van der Waals surface area (Å²) in [6, 6.07) is 18.4. The zero-order chi connectivity index (χ0) is 21.5. The minimum atomic E-state index is -0.239. The van der Waals surface area contributed by atoms with Crippen LogP contribution in [0, 0.1) is 0 Å². The maximum atomic E-state index is 12.5. The third-order valence-electron chi connectivity index (χ3n) is 5.31. The third kappa shape index (κ3) is 5.52. The van der Waals surface area contributed by atoms with Crippen molar-refractivity contribution in [1.82, 2.24) is 20.2 Å². The van der Waals surface area contributed by atoms with E-state index in [2.05, 4.69) is 25.1 Å². The molecule has 0 atom stereocenters. The molecule has 7 heteroatoms. The first-order valence-electron chi connectivity index (χ1n) is 10.4. The summed E-state index contributed by atoms with van der Waals surface area (Å²) in [5.74, 6) is 0.424. The van der Waals surface area contributed by atoms with E-state index in [-0.39, 0.29) is 18.2 Å². The summed E-state index contributed by atoms with van der Waals surface area (Å²) in [5, 5.41) is 2.73. The molecule has 1 aromatic heterocycles. The van der Waals surface area contributed by atoms with Gasteiger partial charge in [-0.2, -0.15) is 0 Å². The Morgan fingerprint density at radius 3 is 2.29 bits per heavy atom. The van der Waals surface area contributed by atoms with Crippen LogP contribution in [-0.4, -0.2) is 59.3 Å². The van der Waals surface area contributed by atoms with Crippen molar-refractivity contribution in [2.75, 3.05) is 37.6 Å². The lowest BCUT2D eigenvalue weighted by molar-refractivity contribution is 0.0904. The van der Waals surface area contributed by atoms with Gasteiger partial charge in [-0.05, 0) is 23.8 Å². The first-order chi connectivity index (χ1) is 15.2. The number of aromatic nitrogens is 2. The maximum Gasteiger partial charge on any atom is 0.251 e. The smallest absolute Gasteiger partial charge is 0.251 e. The van der Waals surface area contributed by atoms with Crippen LogP contribution < -0.4 is 10.2 Å². The van der Waals surface area contributed by atoms with E-state index in [0.717, 1.165) is 44.2 Å². The Balaban J connectivity index is 1.29. The molecular weight excluding hydrogens is 390 g/mol. The van der Waals surface area contributed by atoms with Crippen molar-refractivity contribution in [2.45, 2.75) is 6.54 Å². The molecule has 1 saturated heterocycles. The standard InChI is InChI=1S/C24H25N5O2/c30-22(20-7-2-1-3-8-20)17-27-23(31)21-9-4-6-19(16-21)18-28-12-14-29(15-13-28)24-25-10-5-11-26-24/h1-11,16H,12-15,17-18H2,(H,27,31). The molecule has 2 aromatic carbocycles. The molecule has 7 nitrogen and oxygen atoms in total. The number of hydrogen-bond acceptors (Lipinski definition) is 6. The highest BCUT2D eigenvalue weighted by molar-refractivity contribution is 6.02. The van der Waals surface area contributed by atoms with Crippen LogP contribution in [0.2, 0.25) is 0 Å². The molecule has 1 aliphatic rings. The summed E-state index contributed by atoms with van der Waals surface area (Å²) in [6.45, 7) is 4.29. The van der Waals surface area contributed by atoms with Gasteiger partial charge in [-0.15, -0.1) is 0 Å². The topological polar surface area (TPSA) is 78.4 Å². The zero-order valence-corrected chi connectivity index (χ0v) is 17.3. The van der Waals surface area contributed by atoms with E-state index in [0.29, 0.717) is 11.1 Å². The minimum absolute atomic E-state index is 0.0173. The summed E-state index contributed by atoms with van der Waals surface area (Å²) in [4.78, 5) is 37.9. The molecule has 4 rings (SSSR count). The molecule has 158 valence electrons. The fraction of sp³-hybridized carbons (Fsp3) is 0.250. The van der Waals surface area contributed by atoms with Crippen molar-refractivity contribution in [3.05, 3.63) is 89.7 Å². The zero-order valence-electron chi connectivity index (χ0n) is 17.3. The SMILES string of the molecule is O=C(CNC(=O)c1cccc(CN2CCN(c3ncccn3)CC2)c1)c1ccccc1. The molecule has 1 aliphatic heterocycles. The van der Waals surface area contributed by atoms with Gasteiger partial charge in [0, 0.05) is 56.2 Å². The number of nitrogens with zero attached hydrogens (tertiary/aromatic N) is 4. The van der Waals surface area contributed by atoms with Gasteiger partial charge in [0.25, 0.3) is 5.91 Å². The van der Waals surface area contributed by atoms with Crippen molar-refractivity contribution < 1.29 is 9.59 Å². The molecule has 31 heavy (non-hydrogen) atoms. The van der Waals surface area contributed by atoms with Crippen molar-refractivity contribution in [2.24, 2.45) is 0 Å². The first-order valence-corrected chi connectivity index (χ1v) is 10.4. The predicted molar refractivity (Wildman–Crippen MR) is 119 cm³/mol. The van der Waals surface area contributed by atoms with Crippen LogP contribution in [0.3, 0.4) is 0 Å². The molecule has 1 N–H and O–H groups in total. The highest BCUT2D eigenvalue weighted by atomic mass is 16.2. The molecule has 0 saturated carbocycles. The Labute approximate surface area is 181 Å². The van der Waals surface area contributed by atoms with Crippen molar-refractivity contribution in [3.63, 3.8) is 0 Å². The van der Waals surface area contributed by atoms with E-state index < -0.39 is 0 Å². The van der Waals surface area contributed by atoms with E-state index in [4.69, 9.17) is 0 Å². The van der Waals surface area contributed by atoms with Crippen LogP contribution in [0.1, 0.15) is 26.3 Å². The average molecular weight is 415 g/mol. The second kappa shape index (κ2) is 9.95. The van der Waals surface area contributed by atoms with Gasteiger partial charge in [0.15, 0.2) is 5.78 Å². The lowest BCUT2D eigenvalue weighted by atomic mass is 10.1. The quantitative estimate of drug-likeness (QED) is 0.597. The van der Waals surface area contributed by atoms with Crippen molar-refractivity contribution in [1.29, 1.82) is 0 Å². The summed E-state index contributed by atoms with van der Waals surface area (Å²) in [5.41, 5.74) is 2.23. The van der Waals surface area contributed by atoms with Crippen molar-refractivity contribution >= 4 is 17.6 Å². The molecular formula is C24H25N5O2. The highest BCUT2D eigenvalue weighted by Gasteiger charge is 2.19. The van der Waals surface area contributed by atoms with Crippen LogP contribution in [0.25, 0.3) is 0 Å². The van der Waals surface area contributed by atoms with E-state index in [1.807, 2.05) is 42.5 Å². The lowest BCUT2D eigenvalue weighted by Crippen LogP contribution is -2.46. The molecule has 0 unspecified atom stereocenters. The number of amides is 1. The Morgan fingerprint density at radius 2 is 1.55 bits per heavy atom. The first kappa shape index (κ1) is 20.7. The number of benzene rings is 2.